The highest BCUT2D eigenvalue weighted by molar-refractivity contribution is 9.10. The molecule has 6 nitrogen and oxygen atoms in total. The molecular formula is C16H15BrN2O4. The third-order valence-electron chi connectivity index (χ3n) is 3.24. The number of benzene rings is 1. The van der Waals surface area contributed by atoms with Gasteiger partial charge in [0.2, 0.25) is 0 Å². The molecule has 3 aromatic rings. The van der Waals surface area contributed by atoms with Crippen LogP contribution < -0.4 is 4.74 Å². The van der Waals surface area contributed by atoms with Gasteiger partial charge < -0.3 is 13.9 Å². The van der Waals surface area contributed by atoms with Crippen LogP contribution >= 0.6 is 15.9 Å². The van der Waals surface area contributed by atoms with E-state index in [-0.39, 0.29) is 0 Å². The number of esters is 1. The van der Waals surface area contributed by atoms with Crippen molar-refractivity contribution in [2.75, 3.05) is 6.61 Å². The Morgan fingerprint density at radius 2 is 2.26 bits per heavy atom. The molecule has 120 valence electrons. The summed E-state index contributed by atoms with van der Waals surface area (Å²) >= 11 is 3.43. The Hall–Kier alpha value is -2.28. The molecule has 0 N–H and O–H groups in total. The number of carbonyl (C=O) groups excluding carboxylic acids is 1. The molecule has 0 saturated heterocycles. The van der Waals surface area contributed by atoms with Gasteiger partial charge in [0.25, 0.3) is 0 Å². The summed E-state index contributed by atoms with van der Waals surface area (Å²) in [7, 11) is 1.85. The fraction of sp³-hybridized carbons (Fsp3) is 0.250. The van der Waals surface area contributed by atoms with Crippen LogP contribution in [0.15, 0.2) is 39.5 Å². The SMILES string of the molecule is CCOC(=O)c1coc2c(OCc3ccn(C)n3)cc(Br)cc12. The van der Waals surface area contributed by atoms with Gasteiger partial charge in [-0.05, 0) is 25.1 Å². The summed E-state index contributed by atoms with van der Waals surface area (Å²) in [4.78, 5) is 12.0. The number of halogens is 1. The Kier molecular flexibility index (Phi) is 4.38. The molecule has 3 rings (SSSR count). The van der Waals surface area contributed by atoms with Crippen molar-refractivity contribution in [1.29, 1.82) is 0 Å². The molecule has 7 heteroatoms. The Labute approximate surface area is 141 Å². The minimum absolute atomic E-state index is 0.307. The molecule has 0 spiro atoms. The van der Waals surface area contributed by atoms with E-state index in [0.717, 1.165) is 10.2 Å². The fourth-order valence-electron chi connectivity index (χ4n) is 2.24. The van der Waals surface area contributed by atoms with Crippen LogP contribution in [0, 0.1) is 0 Å². The minimum Gasteiger partial charge on any atom is -0.483 e. The standard InChI is InChI=1S/C16H15BrN2O4/c1-3-21-16(20)13-9-23-15-12(13)6-10(17)7-14(15)22-8-11-4-5-19(2)18-11/h4-7,9H,3,8H2,1-2H3. The number of aryl methyl sites for hydroxylation is 1. The highest BCUT2D eigenvalue weighted by Crippen LogP contribution is 2.34. The number of fused-ring (bicyclic) bond motifs is 1. The third kappa shape index (κ3) is 3.24. The molecule has 1 aromatic carbocycles. The predicted octanol–water partition coefficient (Wildman–Crippen LogP) is 3.68. The van der Waals surface area contributed by atoms with Crippen molar-refractivity contribution in [3.63, 3.8) is 0 Å². The molecule has 0 aliphatic rings. The van der Waals surface area contributed by atoms with Gasteiger partial charge in [-0.15, -0.1) is 0 Å². The molecule has 0 aliphatic heterocycles. The van der Waals surface area contributed by atoms with E-state index in [9.17, 15) is 4.79 Å². The van der Waals surface area contributed by atoms with Crippen LogP contribution in [0.2, 0.25) is 0 Å². The molecule has 0 amide bonds. The highest BCUT2D eigenvalue weighted by atomic mass is 79.9. The minimum atomic E-state index is -0.417. The number of nitrogens with zero attached hydrogens (tertiary/aromatic N) is 2. The summed E-state index contributed by atoms with van der Waals surface area (Å²) in [5.41, 5.74) is 1.69. The Morgan fingerprint density at radius 1 is 1.43 bits per heavy atom. The fourth-order valence-corrected chi connectivity index (χ4v) is 2.67. The van der Waals surface area contributed by atoms with Crippen LogP contribution in [0.4, 0.5) is 0 Å². The molecule has 0 fully saturated rings. The number of ether oxygens (including phenoxy) is 2. The van der Waals surface area contributed by atoms with Crippen LogP contribution in [-0.2, 0) is 18.4 Å². The lowest BCUT2D eigenvalue weighted by Crippen LogP contribution is -2.03. The number of hydrogen-bond donors (Lipinski definition) is 0. The molecule has 2 aromatic heterocycles. The van der Waals surface area contributed by atoms with Crippen LogP contribution in [0.25, 0.3) is 11.0 Å². The molecule has 0 unspecified atom stereocenters. The maximum atomic E-state index is 12.0. The Bertz CT molecular complexity index is 853. The summed E-state index contributed by atoms with van der Waals surface area (Å²) < 4.78 is 18.9. The van der Waals surface area contributed by atoms with E-state index in [2.05, 4.69) is 21.0 Å². The average Bonchev–Trinajstić information content (AvgIpc) is 3.11. The molecule has 0 atom stereocenters. The van der Waals surface area contributed by atoms with Crippen molar-refractivity contribution in [3.8, 4) is 5.75 Å². The topological polar surface area (TPSA) is 66.5 Å². The Balaban J connectivity index is 1.92. The highest BCUT2D eigenvalue weighted by Gasteiger charge is 2.18. The van der Waals surface area contributed by atoms with E-state index < -0.39 is 5.97 Å². The van der Waals surface area contributed by atoms with E-state index in [1.54, 1.807) is 23.7 Å². The van der Waals surface area contributed by atoms with Crippen LogP contribution in [-0.4, -0.2) is 22.4 Å². The number of furan rings is 1. The summed E-state index contributed by atoms with van der Waals surface area (Å²) in [6.45, 7) is 2.38. The lowest BCUT2D eigenvalue weighted by atomic mass is 10.1. The second-order valence-electron chi connectivity index (χ2n) is 4.92. The van der Waals surface area contributed by atoms with E-state index in [0.29, 0.717) is 35.5 Å². The maximum Gasteiger partial charge on any atom is 0.342 e. The van der Waals surface area contributed by atoms with E-state index in [1.165, 1.54) is 6.26 Å². The second-order valence-corrected chi connectivity index (χ2v) is 5.84. The smallest absolute Gasteiger partial charge is 0.342 e. The monoisotopic (exact) mass is 378 g/mol. The molecule has 0 radical (unpaired) electrons. The van der Waals surface area contributed by atoms with E-state index >= 15 is 0 Å². The van der Waals surface area contributed by atoms with Gasteiger partial charge in [-0.3, -0.25) is 4.68 Å². The number of rotatable bonds is 5. The first kappa shape index (κ1) is 15.6. The second kappa shape index (κ2) is 6.45. The van der Waals surface area contributed by atoms with E-state index in [4.69, 9.17) is 13.9 Å². The van der Waals surface area contributed by atoms with Gasteiger partial charge in [0.15, 0.2) is 11.3 Å². The van der Waals surface area contributed by atoms with Crippen molar-refractivity contribution in [1.82, 2.24) is 9.78 Å². The van der Waals surface area contributed by atoms with E-state index in [1.807, 2.05) is 19.3 Å². The zero-order valence-corrected chi connectivity index (χ0v) is 14.3. The van der Waals surface area contributed by atoms with Gasteiger partial charge in [0.05, 0.1) is 12.3 Å². The van der Waals surface area contributed by atoms with Crippen LogP contribution in [0.5, 0.6) is 5.75 Å². The molecule has 0 saturated carbocycles. The van der Waals surface area contributed by atoms with Gasteiger partial charge in [-0.2, -0.15) is 5.10 Å². The number of aromatic nitrogens is 2. The first-order valence-corrected chi connectivity index (χ1v) is 7.87. The third-order valence-corrected chi connectivity index (χ3v) is 3.70. The lowest BCUT2D eigenvalue weighted by molar-refractivity contribution is 0.0527. The quantitative estimate of drug-likeness (QED) is 0.633. The van der Waals surface area contributed by atoms with Crippen molar-refractivity contribution in [2.24, 2.45) is 7.05 Å². The zero-order valence-electron chi connectivity index (χ0n) is 12.7. The van der Waals surface area contributed by atoms with Crippen molar-refractivity contribution in [2.45, 2.75) is 13.5 Å². The predicted molar refractivity (Wildman–Crippen MR) is 87.4 cm³/mol. The maximum absolute atomic E-state index is 12.0. The summed E-state index contributed by atoms with van der Waals surface area (Å²) in [5.74, 6) is 0.121. The zero-order chi connectivity index (χ0) is 16.4. The molecule has 0 aliphatic carbocycles. The van der Waals surface area contributed by atoms with Crippen molar-refractivity contribution in [3.05, 3.63) is 46.4 Å². The summed E-state index contributed by atoms with van der Waals surface area (Å²) in [6.07, 6.45) is 3.24. The number of hydrogen-bond acceptors (Lipinski definition) is 5. The summed E-state index contributed by atoms with van der Waals surface area (Å²) in [6, 6.07) is 5.48. The molecule has 23 heavy (non-hydrogen) atoms. The molecular weight excluding hydrogens is 364 g/mol. The average molecular weight is 379 g/mol. The molecule has 0 bridgehead atoms. The molecule has 2 heterocycles. The van der Waals surface area contributed by atoms with Crippen molar-refractivity contribution < 1.29 is 18.7 Å². The van der Waals surface area contributed by atoms with Crippen molar-refractivity contribution >= 4 is 32.9 Å². The van der Waals surface area contributed by atoms with Gasteiger partial charge in [0, 0.05) is 23.1 Å². The summed E-state index contributed by atoms with van der Waals surface area (Å²) in [5, 5.41) is 4.91. The van der Waals surface area contributed by atoms with Gasteiger partial charge in [-0.25, -0.2) is 4.79 Å². The number of carbonyl (C=O) groups is 1. The van der Waals surface area contributed by atoms with Gasteiger partial charge in [0.1, 0.15) is 18.4 Å². The Morgan fingerprint density at radius 3 is 2.96 bits per heavy atom. The first-order valence-electron chi connectivity index (χ1n) is 7.07. The lowest BCUT2D eigenvalue weighted by Gasteiger charge is -2.06. The van der Waals surface area contributed by atoms with Gasteiger partial charge >= 0.3 is 5.97 Å². The van der Waals surface area contributed by atoms with Gasteiger partial charge in [-0.1, -0.05) is 15.9 Å². The first-order chi connectivity index (χ1) is 11.1. The van der Waals surface area contributed by atoms with Crippen LogP contribution in [0.1, 0.15) is 23.0 Å². The largest absolute Gasteiger partial charge is 0.483 e. The normalized spacial score (nSPS) is 10.9. The van der Waals surface area contributed by atoms with Crippen LogP contribution in [0.3, 0.4) is 0 Å².